The highest BCUT2D eigenvalue weighted by atomic mass is 19.1. The maximum absolute atomic E-state index is 13.2. The molecule has 0 amide bonds. The fourth-order valence-corrected chi connectivity index (χ4v) is 1.80. The number of aldehydes is 1. The Bertz CT molecular complexity index is 398. The standard InChI is InChI=1S/C11H9FO2/c12-10-3-1-2-9-8(10)5-4-7(6-13)11(9)14/h1-3,6-7H,4-5H2. The molecule has 1 aliphatic carbocycles. The van der Waals surface area contributed by atoms with Crippen molar-refractivity contribution in [2.24, 2.45) is 5.92 Å². The maximum Gasteiger partial charge on any atom is 0.173 e. The fraction of sp³-hybridized carbons (Fsp3) is 0.273. The minimum atomic E-state index is -0.579. The molecule has 0 radical (unpaired) electrons. The molecule has 3 heteroatoms. The Kier molecular flexibility index (Phi) is 2.15. The van der Waals surface area contributed by atoms with E-state index in [1.807, 2.05) is 0 Å². The van der Waals surface area contributed by atoms with Crippen LogP contribution in [0.5, 0.6) is 0 Å². The Labute approximate surface area is 80.7 Å². The van der Waals surface area contributed by atoms with E-state index >= 15 is 0 Å². The second kappa shape index (κ2) is 3.33. The zero-order valence-corrected chi connectivity index (χ0v) is 7.50. The first-order chi connectivity index (χ1) is 6.74. The van der Waals surface area contributed by atoms with Gasteiger partial charge in [0, 0.05) is 5.56 Å². The van der Waals surface area contributed by atoms with Gasteiger partial charge in [-0.3, -0.25) is 4.79 Å². The maximum atomic E-state index is 13.2. The molecule has 0 saturated heterocycles. The predicted octanol–water partition coefficient (Wildman–Crippen LogP) is 1.77. The zero-order valence-electron chi connectivity index (χ0n) is 7.50. The first-order valence-electron chi connectivity index (χ1n) is 4.51. The van der Waals surface area contributed by atoms with E-state index in [4.69, 9.17) is 0 Å². The van der Waals surface area contributed by atoms with Crippen molar-refractivity contribution in [1.82, 2.24) is 0 Å². The molecular weight excluding hydrogens is 183 g/mol. The monoisotopic (exact) mass is 192 g/mol. The quantitative estimate of drug-likeness (QED) is 0.502. The number of fused-ring (bicyclic) bond motifs is 1. The van der Waals surface area contributed by atoms with Gasteiger partial charge in [-0.15, -0.1) is 0 Å². The van der Waals surface area contributed by atoms with Gasteiger partial charge in [-0.05, 0) is 24.5 Å². The highest BCUT2D eigenvalue weighted by Gasteiger charge is 2.28. The molecule has 0 aliphatic heterocycles. The number of rotatable bonds is 1. The van der Waals surface area contributed by atoms with Gasteiger partial charge in [-0.2, -0.15) is 0 Å². The summed E-state index contributed by atoms with van der Waals surface area (Å²) < 4.78 is 13.2. The summed E-state index contributed by atoms with van der Waals surface area (Å²) in [5.41, 5.74) is 0.823. The smallest absolute Gasteiger partial charge is 0.173 e. The van der Waals surface area contributed by atoms with Crippen LogP contribution in [-0.2, 0) is 11.2 Å². The number of hydrogen-bond donors (Lipinski definition) is 0. The second-order valence-electron chi connectivity index (χ2n) is 3.41. The van der Waals surface area contributed by atoms with Crippen LogP contribution >= 0.6 is 0 Å². The largest absolute Gasteiger partial charge is 0.303 e. The second-order valence-corrected chi connectivity index (χ2v) is 3.41. The minimum absolute atomic E-state index is 0.249. The molecular formula is C11H9FO2. The molecule has 1 aromatic carbocycles. The van der Waals surface area contributed by atoms with E-state index in [2.05, 4.69) is 0 Å². The Morgan fingerprint density at radius 1 is 1.43 bits per heavy atom. The van der Waals surface area contributed by atoms with Crippen LogP contribution < -0.4 is 0 Å². The third-order valence-electron chi connectivity index (χ3n) is 2.59. The van der Waals surface area contributed by atoms with Crippen LogP contribution in [0.2, 0.25) is 0 Å². The Morgan fingerprint density at radius 3 is 2.93 bits per heavy atom. The summed E-state index contributed by atoms with van der Waals surface area (Å²) in [5.74, 6) is -1.18. The van der Waals surface area contributed by atoms with Crippen LogP contribution in [0.15, 0.2) is 18.2 Å². The van der Waals surface area contributed by atoms with Crippen LogP contribution in [0, 0.1) is 11.7 Å². The number of halogens is 1. The molecule has 1 aromatic rings. The fourth-order valence-electron chi connectivity index (χ4n) is 1.80. The summed E-state index contributed by atoms with van der Waals surface area (Å²) in [6.45, 7) is 0. The van der Waals surface area contributed by atoms with Crippen LogP contribution in [0.3, 0.4) is 0 Å². The first-order valence-corrected chi connectivity index (χ1v) is 4.51. The average Bonchev–Trinajstić information content (AvgIpc) is 2.20. The van der Waals surface area contributed by atoms with E-state index in [-0.39, 0.29) is 11.6 Å². The SMILES string of the molecule is O=CC1CCc2c(F)cccc2C1=O. The number of carbonyl (C=O) groups excluding carboxylic acids is 2. The van der Waals surface area contributed by atoms with E-state index in [0.717, 1.165) is 0 Å². The minimum Gasteiger partial charge on any atom is -0.303 e. The molecule has 1 aliphatic rings. The van der Waals surface area contributed by atoms with Crippen molar-refractivity contribution in [3.05, 3.63) is 35.1 Å². The lowest BCUT2D eigenvalue weighted by Crippen LogP contribution is -2.24. The topological polar surface area (TPSA) is 34.1 Å². The lowest BCUT2D eigenvalue weighted by atomic mass is 9.83. The highest BCUT2D eigenvalue weighted by Crippen LogP contribution is 2.26. The van der Waals surface area contributed by atoms with Crippen molar-refractivity contribution in [1.29, 1.82) is 0 Å². The first kappa shape index (κ1) is 9.06. The molecule has 1 atom stereocenters. The van der Waals surface area contributed by atoms with Crippen molar-refractivity contribution < 1.29 is 14.0 Å². The Morgan fingerprint density at radius 2 is 2.21 bits per heavy atom. The van der Waals surface area contributed by atoms with Crippen molar-refractivity contribution >= 4 is 12.1 Å². The lowest BCUT2D eigenvalue weighted by Gasteiger charge is -2.19. The summed E-state index contributed by atoms with van der Waals surface area (Å²) >= 11 is 0. The van der Waals surface area contributed by atoms with Gasteiger partial charge in [0.05, 0.1) is 5.92 Å². The average molecular weight is 192 g/mol. The number of benzene rings is 1. The molecule has 2 nitrogen and oxygen atoms in total. The van der Waals surface area contributed by atoms with Gasteiger partial charge >= 0.3 is 0 Å². The van der Waals surface area contributed by atoms with E-state index < -0.39 is 5.92 Å². The number of ketones is 1. The number of carbonyl (C=O) groups is 2. The van der Waals surface area contributed by atoms with Gasteiger partial charge in [0.15, 0.2) is 5.78 Å². The highest BCUT2D eigenvalue weighted by molar-refractivity contribution is 6.07. The van der Waals surface area contributed by atoms with Crippen LogP contribution in [0.4, 0.5) is 4.39 Å². The predicted molar refractivity (Wildman–Crippen MR) is 48.6 cm³/mol. The lowest BCUT2D eigenvalue weighted by molar-refractivity contribution is -0.110. The van der Waals surface area contributed by atoms with Crippen LogP contribution in [-0.4, -0.2) is 12.1 Å². The third-order valence-corrected chi connectivity index (χ3v) is 2.59. The number of hydrogen-bond acceptors (Lipinski definition) is 2. The summed E-state index contributed by atoms with van der Waals surface area (Å²) in [4.78, 5) is 22.2. The van der Waals surface area contributed by atoms with Gasteiger partial charge < -0.3 is 4.79 Å². The molecule has 0 bridgehead atoms. The summed E-state index contributed by atoms with van der Waals surface area (Å²) in [6, 6.07) is 4.42. The van der Waals surface area contributed by atoms with Crippen molar-refractivity contribution in [2.45, 2.75) is 12.8 Å². The summed E-state index contributed by atoms with van der Waals surface area (Å²) in [5, 5.41) is 0. The molecule has 0 fully saturated rings. The van der Waals surface area contributed by atoms with Crippen LogP contribution in [0.1, 0.15) is 22.3 Å². The molecule has 14 heavy (non-hydrogen) atoms. The molecule has 1 unspecified atom stereocenters. The summed E-state index contributed by atoms with van der Waals surface area (Å²) in [7, 11) is 0. The van der Waals surface area contributed by atoms with E-state index in [1.54, 1.807) is 6.07 Å². The Balaban J connectivity index is 2.51. The molecule has 0 saturated carbocycles. The molecule has 2 rings (SSSR count). The molecule has 72 valence electrons. The van der Waals surface area contributed by atoms with Gasteiger partial charge in [0.2, 0.25) is 0 Å². The number of Topliss-reactive ketones (excluding diaryl/α,β-unsaturated/α-hetero) is 1. The van der Waals surface area contributed by atoms with E-state index in [9.17, 15) is 14.0 Å². The molecule has 0 N–H and O–H groups in total. The normalized spacial score (nSPS) is 20.4. The van der Waals surface area contributed by atoms with Crippen LogP contribution in [0.25, 0.3) is 0 Å². The van der Waals surface area contributed by atoms with Gasteiger partial charge in [0.1, 0.15) is 12.1 Å². The van der Waals surface area contributed by atoms with Crippen molar-refractivity contribution in [3.63, 3.8) is 0 Å². The van der Waals surface area contributed by atoms with Gasteiger partial charge in [0.25, 0.3) is 0 Å². The van der Waals surface area contributed by atoms with Gasteiger partial charge in [-0.1, -0.05) is 12.1 Å². The third kappa shape index (κ3) is 1.25. The van der Waals surface area contributed by atoms with E-state index in [1.165, 1.54) is 12.1 Å². The zero-order chi connectivity index (χ0) is 10.1. The van der Waals surface area contributed by atoms with E-state index in [0.29, 0.717) is 30.3 Å². The van der Waals surface area contributed by atoms with Gasteiger partial charge in [-0.25, -0.2) is 4.39 Å². The molecule has 0 heterocycles. The molecule has 0 aromatic heterocycles. The van der Waals surface area contributed by atoms with Crippen molar-refractivity contribution in [2.75, 3.05) is 0 Å². The molecule has 0 spiro atoms. The Hall–Kier alpha value is -1.51. The summed E-state index contributed by atoms with van der Waals surface area (Å²) in [6.07, 6.45) is 1.55. The van der Waals surface area contributed by atoms with Crippen molar-refractivity contribution in [3.8, 4) is 0 Å².